The molecular weight excluding hydrogens is 332 g/mol. The van der Waals surface area contributed by atoms with Crippen molar-refractivity contribution in [2.45, 2.75) is 19.4 Å². The van der Waals surface area contributed by atoms with E-state index in [2.05, 4.69) is 20.9 Å². The molecule has 0 aromatic heterocycles. The lowest BCUT2D eigenvalue weighted by atomic mass is 10.2. The van der Waals surface area contributed by atoms with Crippen LogP contribution in [0.2, 0.25) is 0 Å². The number of nitrogens with zero attached hydrogens (tertiary/aromatic N) is 1. The quantitative estimate of drug-likeness (QED) is 0.744. The lowest BCUT2D eigenvalue weighted by molar-refractivity contribution is -0.123. The molecule has 0 saturated carbocycles. The molecule has 0 spiro atoms. The van der Waals surface area contributed by atoms with Gasteiger partial charge in [-0.15, -0.1) is 0 Å². The van der Waals surface area contributed by atoms with Crippen molar-refractivity contribution < 1.29 is 14.3 Å². The number of carbonyl (C=O) groups excluding carboxylic acids is 2. The minimum absolute atomic E-state index is 0.0187. The van der Waals surface area contributed by atoms with Crippen LogP contribution in [-0.2, 0) is 9.59 Å². The lowest BCUT2D eigenvalue weighted by Crippen LogP contribution is -2.33. The number of nitrogens with one attached hydrogen (secondary N) is 3. The molecule has 2 amide bonds. The fourth-order valence-corrected chi connectivity index (χ4v) is 2.50. The average molecular weight is 352 g/mol. The predicted molar refractivity (Wildman–Crippen MR) is 100 cm³/mol. The third-order valence-corrected chi connectivity index (χ3v) is 3.69. The number of rotatable bonds is 6. The molecule has 1 atom stereocenters. The Morgan fingerprint density at radius 2 is 1.85 bits per heavy atom. The molecule has 3 rings (SSSR count). The highest BCUT2D eigenvalue weighted by molar-refractivity contribution is 6.11. The first kappa shape index (κ1) is 17.5. The fraction of sp³-hybridized carbons (Fsp3) is 0.211. The van der Waals surface area contributed by atoms with E-state index in [1.54, 1.807) is 12.1 Å². The van der Waals surface area contributed by atoms with Crippen LogP contribution in [0, 0.1) is 0 Å². The number of aliphatic imine (C=N–C) groups is 1. The monoisotopic (exact) mass is 352 g/mol. The van der Waals surface area contributed by atoms with Gasteiger partial charge in [0.05, 0.1) is 13.0 Å². The van der Waals surface area contributed by atoms with Gasteiger partial charge in [0.1, 0.15) is 11.8 Å². The van der Waals surface area contributed by atoms with E-state index >= 15 is 0 Å². The van der Waals surface area contributed by atoms with Crippen molar-refractivity contribution in [2.24, 2.45) is 4.99 Å². The Kier molecular flexibility index (Phi) is 5.48. The number of hydrogen-bond acceptors (Lipinski definition) is 5. The lowest BCUT2D eigenvalue weighted by Gasteiger charge is -2.07. The van der Waals surface area contributed by atoms with Crippen LogP contribution in [0.1, 0.15) is 13.3 Å². The molecule has 1 aliphatic rings. The maximum atomic E-state index is 12.1. The summed E-state index contributed by atoms with van der Waals surface area (Å²) in [6, 6.07) is 15.7. The summed E-state index contributed by atoms with van der Waals surface area (Å²) in [6.45, 7) is 2.52. The van der Waals surface area contributed by atoms with Crippen LogP contribution >= 0.6 is 0 Å². The first-order valence-corrected chi connectivity index (χ1v) is 8.37. The highest BCUT2D eigenvalue weighted by atomic mass is 16.5. The number of guanidine groups is 1. The maximum Gasteiger partial charge on any atom is 0.252 e. The predicted octanol–water partition coefficient (Wildman–Crippen LogP) is 2.38. The molecule has 2 aromatic rings. The Morgan fingerprint density at radius 1 is 1.12 bits per heavy atom. The van der Waals surface area contributed by atoms with E-state index in [1.807, 2.05) is 49.4 Å². The Bertz CT molecular complexity index is 803. The fourth-order valence-electron chi connectivity index (χ4n) is 2.50. The Hall–Kier alpha value is -3.35. The highest BCUT2D eigenvalue weighted by Gasteiger charge is 2.28. The zero-order chi connectivity index (χ0) is 18.4. The molecule has 1 aliphatic heterocycles. The van der Waals surface area contributed by atoms with Crippen LogP contribution in [0.4, 0.5) is 11.4 Å². The van der Waals surface area contributed by atoms with Gasteiger partial charge < -0.3 is 15.4 Å². The Labute approximate surface area is 151 Å². The molecular formula is C19H20N4O3. The van der Waals surface area contributed by atoms with Crippen molar-refractivity contribution in [3.63, 3.8) is 0 Å². The van der Waals surface area contributed by atoms with Gasteiger partial charge in [-0.1, -0.05) is 18.2 Å². The van der Waals surface area contributed by atoms with Crippen molar-refractivity contribution in [2.75, 3.05) is 17.2 Å². The van der Waals surface area contributed by atoms with Crippen molar-refractivity contribution in [3.8, 4) is 5.75 Å². The highest BCUT2D eigenvalue weighted by Crippen LogP contribution is 2.17. The summed E-state index contributed by atoms with van der Waals surface area (Å²) in [5.74, 6) is 0.534. The van der Waals surface area contributed by atoms with Crippen LogP contribution in [-0.4, -0.2) is 30.4 Å². The van der Waals surface area contributed by atoms with E-state index in [0.29, 0.717) is 18.3 Å². The Morgan fingerprint density at radius 3 is 2.54 bits per heavy atom. The van der Waals surface area contributed by atoms with E-state index in [0.717, 1.165) is 11.4 Å². The Balaban J connectivity index is 1.57. The number of amides is 2. The smallest absolute Gasteiger partial charge is 0.252 e. The zero-order valence-corrected chi connectivity index (χ0v) is 14.4. The second-order valence-corrected chi connectivity index (χ2v) is 5.68. The minimum Gasteiger partial charge on any atom is -0.494 e. The van der Waals surface area contributed by atoms with Gasteiger partial charge in [0.2, 0.25) is 11.9 Å². The maximum absolute atomic E-state index is 12.1. The van der Waals surface area contributed by atoms with Crippen LogP contribution in [0.15, 0.2) is 59.6 Å². The van der Waals surface area contributed by atoms with Crippen molar-refractivity contribution in [1.82, 2.24) is 5.32 Å². The molecule has 7 heteroatoms. The van der Waals surface area contributed by atoms with E-state index < -0.39 is 6.04 Å². The average Bonchev–Trinajstić information content (AvgIpc) is 2.96. The molecule has 2 aromatic carbocycles. The number of benzene rings is 2. The van der Waals surface area contributed by atoms with Gasteiger partial charge in [0.25, 0.3) is 5.91 Å². The first-order chi connectivity index (χ1) is 12.6. The van der Waals surface area contributed by atoms with E-state index in [-0.39, 0.29) is 18.2 Å². The topological polar surface area (TPSA) is 91.8 Å². The van der Waals surface area contributed by atoms with Gasteiger partial charge in [0, 0.05) is 11.4 Å². The zero-order valence-electron chi connectivity index (χ0n) is 14.4. The molecule has 1 heterocycles. The first-order valence-electron chi connectivity index (χ1n) is 8.37. The summed E-state index contributed by atoms with van der Waals surface area (Å²) < 4.78 is 5.39. The summed E-state index contributed by atoms with van der Waals surface area (Å²) >= 11 is 0. The largest absolute Gasteiger partial charge is 0.494 e. The molecule has 0 fully saturated rings. The molecule has 0 aliphatic carbocycles. The summed E-state index contributed by atoms with van der Waals surface area (Å²) in [6.07, 6.45) is -0.0187. The molecule has 0 saturated heterocycles. The molecule has 1 unspecified atom stereocenters. The third kappa shape index (κ3) is 4.60. The van der Waals surface area contributed by atoms with Gasteiger partial charge in [-0.05, 0) is 43.3 Å². The molecule has 134 valence electrons. The second-order valence-electron chi connectivity index (χ2n) is 5.68. The number of carbonyl (C=O) groups is 2. The SMILES string of the molecule is CCOc1ccc(NC2=NC(CC(=O)Nc3ccccc3)C(=O)N2)cc1. The summed E-state index contributed by atoms with van der Waals surface area (Å²) in [7, 11) is 0. The van der Waals surface area contributed by atoms with Crippen molar-refractivity contribution in [1.29, 1.82) is 0 Å². The molecule has 0 radical (unpaired) electrons. The number of para-hydroxylation sites is 1. The van der Waals surface area contributed by atoms with Gasteiger partial charge in [-0.3, -0.25) is 14.9 Å². The standard InChI is InChI=1S/C19H20N4O3/c1-2-26-15-10-8-14(9-11-15)21-19-22-16(18(25)23-19)12-17(24)20-13-6-4-3-5-7-13/h3-11,16H,2,12H2,1H3,(H,20,24)(H2,21,22,23,25). The van der Waals surface area contributed by atoms with Crippen LogP contribution < -0.4 is 20.7 Å². The molecule has 7 nitrogen and oxygen atoms in total. The molecule has 3 N–H and O–H groups in total. The van der Waals surface area contributed by atoms with Crippen LogP contribution in [0.25, 0.3) is 0 Å². The number of hydrogen-bond donors (Lipinski definition) is 3. The second kappa shape index (κ2) is 8.15. The van der Waals surface area contributed by atoms with Crippen LogP contribution in [0.3, 0.4) is 0 Å². The van der Waals surface area contributed by atoms with Gasteiger partial charge in [0.15, 0.2) is 0 Å². The number of anilines is 2. The normalized spacial score (nSPS) is 15.8. The van der Waals surface area contributed by atoms with Gasteiger partial charge >= 0.3 is 0 Å². The van der Waals surface area contributed by atoms with Crippen LogP contribution in [0.5, 0.6) is 5.75 Å². The van der Waals surface area contributed by atoms with Gasteiger partial charge in [-0.25, -0.2) is 4.99 Å². The molecule has 26 heavy (non-hydrogen) atoms. The third-order valence-electron chi connectivity index (χ3n) is 3.69. The van der Waals surface area contributed by atoms with Gasteiger partial charge in [-0.2, -0.15) is 0 Å². The summed E-state index contributed by atoms with van der Waals surface area (Å²) in [5.41, 5.74) is 1.45. The minimum atomic E-state index is -0.746. The van der Waals surface area contributed by atoms with Crippen molar-refractivity contribution in [3.05, 3.63) is 54.6 Å². The van der Waals surface area contributed by atoms with E-state index in [4.69, 9.17) is 4.74 Å². The molecule has 0 bridgehead atoms. The van der Waals surface area contributed by atoms with Crippen molar-refractivity contribution >= 4 is 29.1 Å². The van der Waals surface area contributed by atoms with E-state index in [9.17, 15) is 9.59 Å². The number of ether oxygens (including phenoxy) is 1. The summed E-state index contributed by atoms with van der Waals surface area (Å²) in [5, 5.41) is 8.42. The summed E-state index contributed by atoms with van der Waals surface area (Å²) in [4.78, 5) is 28.4. The van der Waals surface area contributed by atoms with E-state index in [1.165, 1.54) is 0 Å².